The summed E-state index contributed by atoms with van der Waals surface area (Å²) in [5.74, 6) is 1.99. The van der Waals surface area contributed by atoms with Crippen molar-refractivity contribution < 1.29 is 19.0 Å². The number of ether oxygens (including phenoxy) is 3. The lowest BCUT2D eigenvalue weighted by Gasteiger charge is -2.21. The molecule has 31 heavy (non-hydrogen) atoms. The number of pyridine rings is 1. The van der Waals surface area contributed by atoms with Gasteiger partial charge in [-0.25, -0.2) is 9.97 Å². The van der Waals surface area contributed by atoms with E-state index >= 15 is 0 Å². The molecule has 2 fully saturated rings. The van der Waals surface area contributed by atoms with Crippen molar-refractivity contribution >= 4 is 16.9 Å². The highest BCUT2D eigenvalue weighted by Gasteiger charge is 2.30. The van der Waals surface area contributed by atoms with Gasteiger partial charge in [-0.2, -0.15) is 0 Å². The van der Waals surface area contributed by atoms with E-state index in [-0.39, 0.29) is 17.9 Å². The van der Waals surface area contributed by atoms with Gasteiger partial charge in [0.2, 0.25) is 5.91 Å². The van der Waals surface area contributed by atoms with Gasteiger partial charge in [0.25, 0.3) is 5.88 Å². The number of methoxy groups -OCH3 is 2. The zero-order valence-electron chi connectivity index (χ0n) is 17.9. The molecule has 2 aliphatic rings. The largest absolute Gasteiger partial charge is 0.491 e. The Hall–Kier alpha value is -3.29. The number of hydrogen-bond donors (Lipinski definition) is 1. The van der Waals surface area contributed by atoms with Crippen molar-refractivity contribution in [3.05, 3.63) is 30.6 Å². The van der Waals surface area contributed by atoms with Gasteiger partial charge in [-0.3, -0.25) is 4.79 Å². The van der Waals surface area contributed by atoms with Crippen LogP contribution in [0.15, 0.2) is 30.6 Å². The molecule has 0 bridgehead atoms. The molecular formula is C23H26N4O4. The maximum absolute atomic E-state index is 11.7. The van der Waals surface area contributed by atoms with Crippen LogP contribution in [-0.4, -0.2) is 47.3 Å². The first-order chi connectivity index (χ1) is 15.1. The Morgan fingerprint density at radius 2 is 2.00 bits per heavy atom. The third-order valence-corrected chi connectivity index (χ3v) is 6.09. The molecule has 1 aromatic carbocycles. The van der Waals surface area contributed by atoms with Crippen molar-refractivity contribution in [2.75, 3.05) is 20.8 Å². The van der Waals surface area contributed by atoms with Gasteiger partial charge in [-0.15, -0.1) is 0 Å². The molecule has 5 rings (SSSR count). The molecular weight excluding hydrogens is 396 g/mol. The summed E-state index contributed by atoms with van der Waals surface area (Å²) < 4.78 is 19.4. The number of imidazole rings is 1. The normalized spacial score (nSPS) is 19.3. The van der Waals surface area contributed by atoms with Crippen LogP contribution in [0.1, 0.15) is 32.2 Å². The molecule has 2 atom stereocenters. The summed E-state index contributed by atoms with van der Waals surface area (Å²) in [6.45, 7) is 2.66. The fraction of sp³-hybridized carbons (Fsp3) is 0.435. The highest BCUT2D eigenvalue weighted by molar-refractivity contribution is 5.88. The summed E-state index contributed by atoms with van der Waals surface area (Å²) in [6.07, 6.45) is 4.58. The number of nitrogens with one attached hydrogen (secondary N) is 1. The second kappa shape index (κ2) is 7.76. The molecule has 0 radical (unpaired) electrons. The molecule has 1 aliphatic heterocycles. The van der Waals surface area contributed by atoms with Crippen molar-refractivity contribution in [1.29, 1.82) is 0 Å². The Kier molecular flexibility index (Phi) is 4.92. The first-order valence-electron chi connectivity index (χ1n) is 10.6. The van der Waals surface area contributed by atoms with E-state index in [0.717, 1.165) is 40.9 Å². The molecule has 2 unspecified atom stereocenters. The minimum atomic E-state index is -0.113. The third-order valence-electron chi connectivity index (χ3n) is 6.09. The highest BCUT2D eigenvalue weighted by atomic mass is 16.5. The summed E-state index contributed by atoms with van der Waals surface area (Å²) in [5.41, 5.74) is 3.49. The molecule has 1 amide bonds. The molecule has 8 nitrogen and oxygen atoms in total. The van der Waals surface area contributed by atoms with Crippen molar-refractivity contribution in [2.24, 2.45) is 5.92 Å². The first kappa shape index (κ1) is 19.7. The summed E-state index contributed by atoms with van der Waals surface area (Å²) in [4.78, 5) is 20.9. The van der Waals surface area contributed by atoms with Crippen molar-refractivity contribution in [3.63, 3.8) is 0 Å². The Morgan fingerprint density at radius 1 is 1.16 bits per heavy atom. The van der Waals surface area contributed by atoms with Crippen LogP contribution in [0.5, 0.6) is 17.4 Å². The molecule has 3 heterocycles. The lowest BCUT2D eigenvalue weighted by Crippen LogP contribution is -2.25. The van der Waals surface area contributed by atoms with Gasteiger partial charge < -0.3 is 24.1 Å². The van der Waals surface area contributed by atoms with Crippen LogP contribution in [-0.2, 0) is 4.79 Å². The van der Waals surface area contributed by atoms with Crippen molar-refractivity contribution in [1.82, 2.24) is 19.9 Å². The topological polar surface area (TPSA) is 87.5 Å². The summed E-state index contributed by atoms with van der Waals surface area (Å²) >= 11 is 0. The maximum Gasteiger partial charge on any atom is 0.257 e. The summed E-state index contributed by atoms with van der Waals surface area (Å²) in [6, 6.07) is 8.25. The lowest BCUT2D eigenvalue weighted by atomic mass is 10.0. The van der Waals surface area contributed by atoms with Gasteiger partial charge in [-0.1, -0.05) is 0 Å². The van der Waals surface area contributed by atoms with E-state index in [4.69, 9.17) is 14.2 Å². The van der Waals surface area contributed by atoms with Crippen LogP contribution in [0.3, 0.4) is 0 Å². The van der Waals surface area contributed by atoms with Crippen LogP contribution in [0.2, 0.25) is 0 Å². The second-order valence-corrected chi connectivity index (χ2v) is 8.22. The van der Waals surface area contributed by atoms with Gasteiger partial charge in [0.15, 0.2) is 5.75 Å². The van der Waals surface area contributed by atoms with Gasteiger partial charge in [-0.05, 0) is 44.0 Å². The smallest absolute Gasteiger partial charge is 0.257 e. The zero-order valence-corrected chi connectivity index (χ0v) is 17.9. The molecule has 162 valence electrons. The van der Waals surface area contributed by atoms with Gasteiger partial charge in [0.05, 0.1) is 31.8 Å². The number of hydrogen-bond acceptors (Lipinski definition) is 6. The van der Waals surface area contributed by atoms with Crippen LogP contribution in [0.4, 0.5) is 0 Å². The summed E-state index contributed by atoms with van der Waals surface area (Å²) in [7, 11) is 3.16. The van der Waals surface area contributed by atoms with Gasteiger partial charge in [0, 0.05) is 30.5 Å². The fourth-order valence-corrected chi connectivity index (χ4v) is 4.15. The van der Waals surface area contributed by atoms with Crippen molar-refractivity contribution in [2.45, 2.75) is 38.3 Å². The van der Waals surface area contributed by atoms with Crippen LogP contribution in [0, 0.1) is 5.92 Å². The number of carbonyl (C=O) groups is 1. The molecule has 1 aliphatic carbocycles. The average Bonchev–Trinajstić information content (AvgIpc) is 3.38. The predicted molar refractivity (Wildman–Crippen MR) is 116 cm³/mol. The van der Waals surface area contributed by atoms with E-state index in [1.165, 1.54) is 0 Å². The summed E-state index contributed by atoms with van der Waals surface area (Å²) in [5, 5.41) is 2.90. The second-order valence-electron chi connectivity index (χ2n) is 8.22. The molecule has 1 saturated carbocycles. The number of carbonyl (C=O) groups excluding carboxylic acids is 1. The predicted octanol–water partition coefficient (Wildman–Crippen LogP) is 3.35. The quantitative estimate of drug-likeness (QED) is 0.628. The number of benzene rings is 1. The highest BCUT2D eigenvalue weighted by Crippen LogP contribution is 2.42. The van der Waals surface area contributed by atoms with E-state index in [2.05, 4.69) is 19.9 Å². The molecule has 2 aromatic heterocycles. The number of rotatable bonds is 7. The average molecular weight is 422 g/mol. The molecule has 0 spiro atoms. The third kappa shape index (κ3) is 3.66. The Labute approximate surface area is 180 Å². The monoisotopic (exact) mass is 422 g/mol. The number of nitrogens with zero attached hydrogens (tertiary/aromatic N) is 3. The standard InChI is InChI=1S/C23H26N4O4/c1-13(15-10-21(28)24-11-15)31-20-9-14(17-6-7-19(29-2)23(26-17)30-3)8-18-22(20)27(12-25-18)16-4-5-16/h6-9,12-13,15-16H,4-5,10-11H2,1-3H3,(H,24,28). The fourth-order valence-electron chi connectivity index (χ4n) is 4.15. The number of fused-ring (bicyclic) bond motifs is 1. The minimum absolute atomic E-state index is 0.0805. The van der Waals surface area contributed by atoms with E-state index < -0.39 is 0 Å². The zero-order chi connectivity index (χ0) is 21.5. The number of amides is 1. The minimum Gasteiger partial charge on any atom is -0.491 e. The maximum atomic E-state index is 11.7. The molecule has 3 aromatic rings. The Balaban J connectivity index is 1.57. The van der Waals surface area contributed by atoms with Crippen molar-refractivity contribution in [3.8, 4) is 28.6 Å². The van der Waals surface area contributed by atoms with E-state index in [9.17, 15) is 4.79 Å². The molecule has 1 N–H and O–H groups in total. The van der Waals surface area contributed by atoms with Crippen LogP contribution in [0.25, 0.3) is 22.3 Å². The Morgan fingerprint density at radius 3 is 2.68 bits per heavy atom. The van der Waals surface area contributed by atoms with E-state index in [0.29, 0.717) is 30.6 Å². The molecule has 1 saturated heterocycles. The first-order valence-corrected chi connectivity index (χ1v) is 10.6. The SMILES string of the molecule is COc1ccc(-c2cc(OC(C)C3CNC(=O)C3)c3c(c2)ncn3C2CC2)nc1OC. The van der Waals surface area contributed by atoms with Crippen LogP contribution < -0.4 is 19.5 Å². The van der Waals surface area contributed by atoms with Gasteiger partial charge in [0.1, 0.15) is 17.4 Å². The number of aromatic nitrogens is 3. The van der Waals surface area contributed by atoms with E-state index in [1.807, 2.05) is 37.5 Å². The van der Waals surface area contributed by atoms with Crippen LogP contribution >= 0.6 is 0 Å². The van der Waals surface area contributed by atoms with E-state index in [1.54, 1.807) is 14.2 Å². The lowest BCUT2D eigenvalue weighted by molar-refractivity contribution is -0.119. The van der Waals surface area contributed by atoms with Gasteiger partial charge >= 0.3 is 0 Å². The Bertz CT molecular complexity index is 1140. The molecule has 8 heteroatoms.